The van der Waals surface area contributed by atoms with Gasteiger partial charge in [0.25, 0.3) is 0 Å². The van der Waals surface area contributed by atoms with Crippen LogP contribution in [-0.2, 0) is 5.75 Å². The highest BCUT2D eigenvalue weighted by molar-refractivity contribution is 7.98. The predicted octanol–water partition coefficient (Wildman–Crippen LogP) is 5.29. The molecule has 0 atom stereocenters. The molecule has 0 radical (unpaired) electrons. The lowest BCUT2D eigenvalue weighted by molar-refractivity contribution is 0.652. The lowest BCUT2D eigenvalue weighted by Gasteiger charge is -2.05. The average Bonchev–Trinajstić information content (AvgIpc) is 2.93. The number of fused-ring (bicyclic) bond motifs is 3. The van der Waals surface area contributed by atoms with Crippen molar-refractivity contribution in [3.05, 3.63) is 65.5 Å². The average molecular weight is 320 g/mol. The molecule has 23 heavy (non-hydrogen) atoms. The van der Waals surface area contributed by atoms with Gasteiger partial charge in [-0.3, -0.25) is 0 Å². The van der Waals surface area contributed by atoms with E-state index in [1.54, 1.807) is 11.8 Å². The van der Waals surface area contributed by atoms with E-state index in [-0.39, 0.29) is 0 Å². The zero-order valence-electron chi connectivity index (χ0n) is 13.0. The Morgan fingerprint density at radius 2 is 1.74 bits per heavy atom. The second-order valence-electron chi connectivity index (χ2n) is 5.57. The molecular weight excluding hydrogens is 304 g/mol. The fourth-order valence-electron chi connectivity index (χ4n) is 2.69. The van der Waals surface area contributed by atoms with Crippen LogP contribution in [0.25, 0.3) is 22.1 Å². The largest absolute Gasteiger partial charge is 0.451 e. The number of hydrogen-bond donors (Lipinski definition) is 0. The van der Waals surface area contributed by atoms with Crippen molar-refractivity contribution in [2.24, 2.45) is 0 Å². The van der Waals surface area contributed by atoms with Crippen molar-refractivity contribution < 1.29 is 4.42 Å². The Labute approximate surface area is 138 Å². The SMILES string of the molecule is Cc1nc(SCc2ccccc2C)c2oc3ccccc3c2n1. The van der Waals surface area contributed by atoms with Gasteiger partial charge in [0.1, 0.15) is 22.0 Å². The molecule has 0 saturated heterocycles. The first kappa shape index (κ1) is 14.3. The van der Waals surface area contributed by atoms with Crippen LogP contribution in [0.4, 0.5) is 0 Å². The van der Waals surface area contributed by atoms with Gasteiger partial charge in [-0.05, 0) is 37.1 Å². The van der Waals surface area contributed by atoms with Crippen LogP contribution in [0, 0.1) is 13.8 Å². The number of thioether (sulfide) groups is 1. The van der Waals surface area contributed by atoms with Crippen molar-refractivity contribution in [3.8, 4) is 0 Å². The Kier molecular flexibility index (Phi) is 3.54. The highest BCUT2D eigenvalue weighted by atomic mass is 32.2. The molecule has 2 aromatic heterocycles. The van der Waals surface area contributed by atoms with E-state index < -0.39 is 0 Å². The molecule has 4 aromatic rings. The third kappa shape index (κ3) is 2.59. The molecule has 114 valence electrons. The Balaban J connectivity index is 1.79. The quantitative estimate of drug-likeness (QED) is 0.380. The lowest BCUT2D eigenvalue weighted by atomic mass is 10.1. The van der Waals surface area contributed by atoms with Crippen molar-refractivity contribution in [2.75, 3.05) is 0 Å². The number of aromatic nitrogens is 2. The summed E-state index contributed by atoms with van der Waals surface area (Å²) < 4.78 is 6.01. The third-order valence-electron chi connectivity index (χ3n) is 3.93. The number of furan rings is 1. The predicted molar refractivity (Wildman–Crippen MR) is 94.8 cm³/mol. The molecule has 0 spiro atoms. The van der Waals surface area contributed by atoms with Gasteiger partial charge in [-0.25, -0.2) is 9.97 Å². The minimum Gasteiger partial charge on any atom is -0.451 e. The number of aryl methyl sites for hydroxylation is 2. The zero-order valence-corrected chi connectivity index (χ0v) is 13.9. The maximum absolute atomic E-state index is 6.01. The van der Waals surface area contributed by atoms with Gasteiger partial charge in [0, 0.05) is 11.1 Å². The summed E-state index contributed by atoms with van der Waals surface area (Å²) in [4.78, 5) is 9.18. The van der Waals surface area contributed by atoms with Crippen LogP contribution in [0.5, 0.6) is 0 Å². The van der Waals surface area contributed by atoms with Crippen LogP contribution in [-0.4, -0.2) is 9.97 Å². The van der Waals surface area contributed by atoms with Crippen LogP contribution in [0.3, 0.4) is 0 Å². The summed E-state index contributed by atoms with van der Waals surface area (Å²) in [5.74, 6) is 1.64. The topological polar surface area (TPSA) is 38.9 Å². The van der Waals surface area contributed by atoms with Crippen LogP contribution in [0.15, 0.2) is 58.0 Å². The first-order valence-corrected chi connectivity index (χ1v) is 8.54. The second-order valence-corrected chi connectivity index (χ2v) is 6.53. The molecule has 0 unspecified atom stereocenters. The van der Waals surface area contributed by atoms with Gasteiger partial charge in [0.05, 0.1) is 0 Å². The molecule has 0 saturated carbocycles. The van der Waals surface area contributed by atoms with Crippen LogP contribution in [0.1, 0.15) is 17.0 Å². The van der Waals surface area contributed by atoms with E-state index >= 15 is 0 Å². The van der Waals surface area contributed by atoms with E-state index in [4.69, 9.17) is 4.42 Å². The highest BCUT2D eigenvalue weighted by Crippen LogP contribution is 2.34. The fraction of sp³-hybridized carbons (Fsp3) is 0.158. The Morgan fingerprint density at radius 3 is 2.61 bits per heavy atom. The van der Waals surface area contributed by atoms with Gasteiger partial charge in [-0.15, -0.1) is 0 Å². The number of benzene rings is 2. The van der Waals surface area contributed by atoms with Crippen molar-refractivity contribution in [2.45, 2.75) is 24.6 Å². The zero-order chi connectivity index (χ0) is 15.8. The first-order valence-electron chi connectivity index (χ1n) is 7.55. The summed E-state index contributed by atoms with van der Waals surface area (Å²) in [7, 11) is 0. The highest BCUT2D eigenvalue weighted by Gasteiger charge is 2.15. The number of nitrogens with zero attached hydrogens (tertiary/aromatic N) is 2. The van der Waals surface area contributed by atoms with Gasteiger partial charge >= 0.3 is 0 Å². The van der Waals surface area contributed by atoms with E-state index in [2.05, 4.69) is 41.2 Å². The van der Waals surface area contributed by atoms with Crippen molar-refractivity contribution in [1.29, 1.82) is 0 Å². The molecular formula is C19H16N2OS. The van der Waals surface area contributed by atoms with E-state index in [9.17, 15) is 0 Å². The summed E-state index contributed by atoms with van der Waals surface area (Å²) in [6.45, 7) is 4.07. The summed E-state index contributed by atoms with van der Waals surface area (Å²) in [5.41, 5.74) is 5.17. The van der Waals surface area contributed by atoms with Gasteiger partial charge < -0.3 is 4.42 Å². The molecule has 0 bridgehead atoms. The number of rotatable bonds is 3. The molecule has 0 N–H and O–H groups in total. The normalized spacial score (nSPS) is 11.4. The summed E-state index contributed by atoms with van der Waals surface area (Å²) in [6.07, 6.45) is 0. The van der Waals surface area contributed by atoms with E-state index in [1.807, 2.05) is 31.2 Å². The molecule has 3 nitrogen and oxygen atoms in total. The molecule has 0 fully saturated rings. The van der Waals surface area contributed by atoms with Crippen LogP contribution < -0.4 is 0 Å². The summed E-state index contributed by atoms with van der Waals surface area (Å²) >= 11 is 1.70. The van der Waals surface area contributed by atoms with Gasteiger partial charge in [0.15, 0.2) is 5.58 Å². The van der Waals surface area contributed by atoms with E-state index in [1.165, 1.54) is 11.1 Å². The van der Waals surface area contributed by atoms with Gasteiger partial charge in [-0.2, -0.15) is 0 Å². The maximum Gasteiger partial charge on any atom is 0.186 e. The smallest absolute Gasteiger partial charge is 0.186 e. The molecule has 0 aliphatic heterocycles. The number of para-hydroxylation sites is 1. The maximum atomic E-state index is 6.01. The summed E-state index contributed by atoms with van der Waals surface area (Å²) in [5, 5.41) is 1.96. The summed E-state index contributed by atoms with van der Waals surface area (Å²) in [6, 6.07) is 16.4. The molecule has 0 amide bonds. The fourth-order valence-corrected chi connectivity index (χ4v) is 3.77. The van der Waals surface area contributed by atoms with E-state index in [0.717, 1.165) is 38.7 Å². The third-order valence-corrected chi connectivity index (χ3v) is 4.93. The molecule has 4 rings (SSSR count). The van der Waals surface area contributed by atoms with Crippen LogP contribution in [0.2, 0.25) is 0 Å². The molecule has 0 aliphatic rings. The van der Waals surface area contributed by atoms with E-state index in [0.29, 0.717) is 0 Å². The molecule has 4 heteroatoms. The van der Waals surface area contributed by atoms with Gasteiger partial charge in [-0.1, -0.05) is 48.2 Å². The first-order chi connectivity index (χ1) is 11.2. The standard InChI is InChI=1S/C19H16N2OS/c1-12-7-3-4-8-14(12)11-23-19-18-17(20-13(2)21-19)15-9-5-6-10-16(15)22-18/h3-10H,11H2,1-2H3. The Morgan fingerprint density at radius 1 is 0.957 bits per heavy atom. The minimum absolute atomic E-state index is 0.774. The van der Waals surface area contributed by atoms with Crippen molar-refractivity contribution >= 4 is 33.8 Å². The molecule has 2 aromatic carbocycles. The van der Waals surface area contributed by atoms with Crippen molar-refractivity contribution in [1.82, 2.24) is 9.97 Å². The Bertz CT molecular complexity index is 1010. The van der Waals surface area contributed by atoms with Crippen molar-refractivity contribution in [3.63, 3.8) is 0 Å². The Hall–Kier alpha value is -2.33. The van der Waals surface area contributed by atoms with Gasteiger partial charge in [0.2, 0.25) is 0 Å². The molecule has 2 heterocycles. The number of hydrogen-bond acceptors (Lipinski definition) is 4. The second kappa shape index (κ2) is 5.70. The minimum atomic E-state index is 0.774. The van der Waals surface area contributed by atoms with Crippen LogP contribution >= 0.6 is 11.8 Å². The lowest BCUT2D eigenvalue weighted by Crippen LogP contribution is -1.92. The monoisotopic (exact) mass is 320 g/mol. The molecule has 0 aliphatic carbocycles.